The van der Waals surface area contributed by atoms with E-state index in [2.05, 4.69) is 5.32 Å². The number of imide groups is 2. The fourth-order valence-corrected chi connectivity index (χ4v) is 3.47. The van der Waals surface area contributed by atoms with Gasteiger partial charge in [-0.15, -0.1) is 0 Å². The Labute approximate surface area is 194 Å². The zero-order valence-electron chi connectivity index (χ0n) is 17.5. The van der Waals surface area contributed by atoms with Crippen LogP contribution in [0.2, 0.25) is 10.0 Å². The van der Waals surface area contributed by atoms with Crippen molar-refractivity contribution in [2.45, 2.75) is 13.3 Å². The number of anilines is 1. The van der Waals surface area contributed by atoms with E-state index < -0.39 is 17.8 Å². The number of urea groups is 1. The highest BCUT2D eigenvalue weighted by Crippen LogP contribution is 2.39. The number of methoxy groups -OCH3 is 2. The summed E-state index contributed by atoms with van der Waals surface area (Å²) in [5.41, 5.74) is 0.280. The molecular weight excluding hydrogens is 459 g/mol. The largest absolute Gasteiger partial charge is 0.495 e. The molecule has 1 fully saturated rings. The number of nitrogens with one attached hydrogen (secondary N) is 1. The van der Waals surface area contributed by atoms with Crippen LogP contribution >= 0.6 is 23.2 Å². The molecule has 8 nitrogen and oxygen atoms in total. The highest BCUT2D eigenvalue weighted by atomic mass is 35.5. The predicted octanol–water partition coefficient (Wildman–Crippen LogP) is 4.47. The second-order valence-corrected chi connectivity index (χ2v) is 7.47. The molecule has 0 spiro atoms. The number of carbonyl (C=O) groups is 3. The van der Waals surface area contributed by atoms with Crippen molar-refractivity contribution in [3.63, 3.8) is 0 Å². The molecule has 1 saturated heterocycles. The number of ether oxygens (including phenoxy) is 3. The highest BCUT2D eigenvalue weighted by Gasteiger charge is 2.38. The lowest BCUT2D eigenvalue weighted by Gasteiger charge is -2.28. The molecule has 1 aliphatic heterocycles. The van der Waals surface area contributed by atoms with Gasteiger partial charge in [0.15, 0.2) is 0 Å². The summed E-state index contributed by atoms with van der Waals surface area (Å²) in [7, 11) is 2.75. The summed E-state index contributed by atoms with van der Waals surface area (Å²) in [6.07, 6.45) is 2.16. The first-order chi connectivity index (χ1) is 15.3. The Hall–Kier alpha value is -3.23. The Morgan fingerprint density at radius 1 is 0.969 bits per heavy atom. The maximum Gasteiger partial charge on any atom is 0.336 e. The van der Waals surface area contributed by atoms with E-state index in [-0.39, 0.29) is 27.8 Å². The Morgan fingerprint density at radius 2 is 1.66 bits per heavy atom. The number of carbonyl (C=O) groups excluding carboxylic acids is 3. The van der Waals surface area contributed by atoms with Crippen molar-refractivity contribution in [3.8, 4) is 17.2 Å². The molecule has 0 bridgehead atoms. The van der Waals surface area contributed by atoms with Crippen LogP contribution in [0.1, 0.15) is 18.9 Å². The first-order valence-electron chi connectivity index (χ1n) is 9.56. The first-order valence-corrected chi connectivity index (χ1v) is 10.3. The van der Waals surface area contributed by atoms with Gasteiger partial charge in [-0.3, -0.25) is 14.9 Å². The van der Waals surface area contributed by atoms with Gasteiger partial charge in [0.25, 0.3) is 11.8 Å². The Bertz CT molecular complexity index is 1120. The van der Waals surface area contributed by atoms with Gasteiger partial charge < -0.3 is 14.2 Å². The number of benzene rings is 2. The van der Waals surface area contributed by atoms with Crippen molar-refractivity contribution < 1.29 is 28.6 Å². The molecule has 0 radical (unpaired) electrons. The van der Waals surface area contributed by atoms with E-state index in [1.807, 2.05) is 6.92 Å². The van der Waals surface area contributed by atoms with Crippen LogP contribution in [0.4, 0.5) is 10.5 Å². The lowest BCUT2D eigenvalue weighted by molar-refractivity contribution is -0.122. The van der Waals surface area contributed by atoms with E-state index in [1.54, 1.807) is 18.2 Å². The first kappa shape index (κ1) is 23.4. The van der Waals surface area contributed by atoms with Crippen LogP contribution < -0.4 is 24.4 Å². The molecule has 4 amide bonds. The second-order valence-electron chi connectivity index (χ2n) is 6.65. The topological polar surface area (TPSA) is 94.2 Å². The summed E-state index contributed by atoms with van der Waals surface area (Å²) in [6.45, 7) is 2.48. The molecule has 1 heterocycles. The Morgan fingerprint density at radius 3 is 2.28 bits per heavy atom. The number of hydrogen-bond acceptors (Lipinski definition) is 6. The third-order valence-corrected chi connectivity index (χ3v) is 5.12. The number of halogens is 2. The van der Waals surface area contributed by atoms with Gasteiger partial charge in [0, 0.05) is 12.1 Å². The smallest absolute Gasteiger partial charge is 0.336 e. The number of rotatable bonds is 7. The van der Waals surface area contributed by atoms with Crippen LogP contribution in [0, 0.1) is 0 Å². The molecule has 0 aromatic heterocycles. The van der Waals surface area contributed by atoms with E-state index in [1.165, 1.54) is 32.4 Å². The van der Waals surface area contributed by atoms with E-state index in [9.17, 15) is 14.4 Å². The molecular formula is C22H20Cl2N2O6. The summed E-state index contributed by atoms with van der Waals surface area (Å²) in [5, 5.41) is 2.71. The van der Waals surface area contributed by atoms with E-state index in [0.717, 1.165) is 11.3 Å². The summed E-state index contributed by atoms with van der Waals surface area (Å²) >= 11 is 12.4. The minimum absolute atomic E-state index is 0.0657. The fraction of sp³-hybridized carbons (Fsp3) is 0.227. The second kappa shape index (κ2) is 9.93. The van der Waals surface area contributed by atoms with Gasteiger partial charge in [0.05, 0.1) is 36.6 Å². The molecule has 1 N–H and O–H groups in total. The molecule has 0 atom stereocenters. The predicted molar refractivity (Wildman–Crippen MR) is 121 cm³/mol. The number of barbiturate groups is 1. The van der Waals surface area contributed by atoms with Crippen LogP contribution in [-0.2, 0) is 9.59 Å². The van der Waals surface area contributed by atoms with Crippen LogP contribution in [0.15, 0.2) is 35.9 Å². The van der Waals surface area contributed by atoms with Gasteiger partial charge in [-0.25, -0.2) is 9.69 Å². The molecule has 0 saturated carbocycles. The quantitative estimate of drug-likeness (QED) is 0.466. The average molecular weight is 479 g/mol. The zero-order chi connectivity index (χ0) is 23.4. The highest BCUT2D eigenvalue weighted by molar-refractivity contribution is 6.40. The maximum atomic E-state index is 13.2. The Kier molecular flexibility index (Phi) is 7.27. The van der Waals surface area contributed by atoms with E-state index >= 15 is 0 Å². The minimum Gasteiger partial charge on any atom is -0.495 e. The average Bonchev–Trinajstić information content (AvgIpc) is 2.76. The lowest BCUT2D eigenvalue weighted by atomic mass is 10.1. The molecule has 168 valence electrons. The van der Waals surface area contributed by atoms with Crippen LogP contribution in [-0.4, -0.2) is 38.7 Å². The molecule has 3 rings (SSSR count). The molecule has 32 heavy (non-hydrogen) atoms. The minimum atomic E-state index is -0.929. The lowest BCUT2D eigenvalue weighted by Crippen LogP contribution is -2.54. The normalized spacial score (nSPS) is 15.1. The number of nitrogens with zero attached hydrogens (tertiary/aromatic N) is 1. The van der Waals surface area contributed by atoms with Gasteiger partial charge in [-0.2, -0.15) is 0 Å². The van der Waals surface area contributed by atoms with E-state index in [0.29, 0.717) is 22.9 Å². The van der Waals surface area contributed by atoms with E-state index in [4.69, 9.17) is 37.4 Å². The molecule has 10 heteroatoms. The molecule has 0 unspecified atom stereocenters. The van der Waals surface area contributed by atoms with Crippen molar-refractivity contribution in [2.75, 3.05) is 25.7 Å². The third kappa shape index (κ3) is 4.66. The summed E-state index contributed by atoms with van der Waals surface area (Å²) in [6, 6.07) is 6.71. The monoisotopic (exact) mass is 478 g/mol. The molecule has 2 aromatic rings. The number of amides is 4. The van der Waals surface area contributed by atoms with Gasteiger partial charge in [0.1, 0.15) is 22.8 Å². The van der Waals surface area contributed by atoms with Gasteiger partial charge in [0.2, 0.25) is 0 Å². The fourth-order valence-electron chi connectivity index (χ4n) is 3.00. The van der Waals surface area contributed by atoms with Crippen molar-refractivity contribution in [2.24, 2.45) is 0 Å². The van der Waals surface area contributed by atoms with Crippen LogP contribution in [0.25, 0.3) is 6.08 Å². The standard InChI is InChI=1S/C22H20Cl2N2O6/c1-4-7-32-17-6-5-12(9-14(17)23)8-13-20(27)25-22(29)26(21(13)28)16-11-18(30-2)15(24)10-19(16)31-3/h5-6,8-11H,4,7H2,1-3H3,(H,25,27,29)/b13-8+. The van der Waals surface area contributed by atoms with Crippen molar-refractivity contribution in [1.82, 2.24) is 5.32 Å². The summed E-state index contributed by atoms with van der Waals surface area (Å²) in [5.74, 6) is -0.819. The molecule has 2 aromatic carbocycles. The number of hydrogen-bond donors (Lipinski definition) is 1. The van der Waals surface area contributed by atoms with Gasteiger partial charge in [-0.05, 0) is 30.2 Å². The Balaban J connectivity index is 2.02. The maximum absolute atomic E-state index is 13.2. The molecule has 1 aliphatic rings. The summed E-state index contributed by atoms with van der Waals surface area (Å²) < 4.78 is 16.0. The van der Waals surface area contributed by atoms with Crippen molar-refractivity contribution in [3.05, 3.63) is 51.5 Å². The zero-order valence-corrected chi connectivity index (χ0v) is 19.0. The van der Waals surface area contributed by atoms with Crippen LogP contribution in [0.5, 0.6) is 17.2 Å². The van der Waals surface area contributed by atoms with Gasteiger partial charge >= 0.3 is 6.03 Å². The molecule has 0 aliphatic carbocycles. The van der Waals surface area contributed by atoms with Crippen LogP contribution in [0.3, 0.4) is 0 Å². The van der Waals surface area contributed by atoms with Crippen molar-refractivity contribution in [1.29, 1.82) is 0 Å². The van der Waals surface area contributed by atoms with Crippen molar-refractivity contribution >= 4 is 52.8 Å². The summed E-state index contributed by atoms with van der Waals surface area (Å²) in [4.78, 5) is 39.0. The van der Waals surface area contributed by atoms with Gasteiger partial charge in [-0.1, -0.05) is 36.2 Å². The third-order valence-electron chi connectivity index (χ3n) is 4.52. The SMILES string of the molecule is CCCOc1ccc(/C=C2\C(=O)NC(=O)N(c3cc(OC)c(Cl)cc3OC)C2=O)cc1Cl.